The first-order chi connectivity index (χ1) is 8.48. The molecular formula is C15H32N2O. The summed E-state index contributed by atoms with van der Waals surface area (Å²) >= 11 is 0. The molecule has 0 bridgehead atoms. The number of likely N-dealkylation sites (tertiary alicyclic amines) is 1. The van der Waals surface area contributed by atoms with Crippen molar-refractivity contribution < 1.29 is 5.11 Å². The third kappa shape index (κ3) is 5.25. The molecule has 0 aromatic carbocycles. The zero-order chi connectivity index (χ0) is 13.6. The SMILES string of the molecule is CCCNC(C)C1CCN(CC(C)(O)CC)CC1. The van der Waals surface area contributed by atoms with Gasteiger partial charge in [-0.15, -0.1) is 0 Å². The first-order valence-corrected chi connectivity index (χ1v) is 7.66. The predicted molar refractivity (Wildman–Crippen MR) is 77.8 cm³/mol. The van der Waals surface area contributed by atoms with Gasteiger partial charge < -0.3 is 15.3 Å². The smallest absolute Gasteiger partial charge is 0.0743 e. The summed E-state index contributed by atoms with van der Waals surface area (Å²) < 4.78 is 0. The highest BCUT2D eigenvalue weighted by Crippen LogP contribution is 2.22. The van der Waals surface area contributed by atoms with Crippen molar-refractivity contribution >= 4 is 0 Å². The Kier molecular flexibility index (Phi) is 6.61. The number of hydrogen-bond acceptors (Lipinski definition) is 3. The van der Waals surface area contributed by atoms with Crippen LogP contribution in [0.5, 0.6) is 0 Å². The maximum atomic E-state index is 10.1. The minimum absolute atomic E-state index is 0.515. The zero-order valence-corrected chi connectivity index (χ0v) is 12.7. The van der Waals surface area contributed by atoms with E-state index in [9.17, 15) is 5.11 Å². The lowest BCUT2D eigenvalue weighted by Gasteiger charge is -2.38. The van der Waals surface area contributed by atoms with E-state index >= 15 is 0 Å². The topological polar surface area (TPSA) is 35.5 Å². The van der Waals surface area contributed by atoms with Crippen LogP contribution < -0.4 is 5.32 Å². The van der Waals surface area contributed by atoms with E-state index in [1.54, 1.807) is 0 Å². The van der Waals surface area contributed by atoms with Gasteiger partial charge in [0.25, 0.3) is 0 Å². The van der Waals surface area contributed by atoms with Gasteiger partial charge >= 0.3 is 0 Å². The summed E-state index contributed by atoms with van der Waals surface area (Å²) in [4.78, 5) is 2.42. The molecule has 1 rings (SSSR count). The molecule has 108 valence electrons. The van der Waals surface area contributed by atoms with Crippen molar-refractivity contribution in [1.29, 1.82) is 0 Å². The lowest BCUT2D eigenvalue weighted by Crippen LogP contribution is -2.47. The summed E-state index contributed by atoms with van der Waals surface area (Å²) in [5.41, 5.74) is -0.515. The molecule has 0 aromatic heterocycles. The Bertz CT molecular complexity index is 223. The Morgan fingerprint density at radius 3 is 2.44 bits per heavy atom. The van der Waals surface area contributed by atoms with Gasteiger partial charge in [0.2, 0.25) is 0 Å². The van der Waals surface area contributed by atoms with Crippen LogP contribution in [-0.4, -0.2) is 47.8 Å². The number of aliphatic hydroxyl groups is 1. The average molecular weight is 256 g/mol. The minimum atomic E-state index is -0.515. The molecule has 3 heteroatoms. The molecule has 1 aliphatic rings. The molecule has 2 N–H and O–H groups in total. The van der Waals surface area contributed by atoms with Crippen molar-refractivity contribution in [1.82, 2.24) is 10.2 Å². The zero-order valence-electron chi connectivity index (χ0n) is 12.7. The number of nitrogens with zero attached hydrogens (tertiary/aromatic N) is 1. The van der Waals surface area contributed by atoms with Gasteiger partial charge in [0.15, 0.2) is 0 Å². The highest BCUT2D eigenvalue weighted by atomic mass is 16.3. The summed E-state index contributed by atoms with van der Waals surface area (Å²) in [6, 6.07) is 0.638. The highest BCUT2D eigenvalue weighted by molar-refractivity contribution is 4.83. The second kappa shape index (κ2) is 7.46. The van der Waals surface area contributed by atoms with Gasteiger partial charge in [-0.25, -0.2) is 0 Å². The summed E-state index contributed by atoms with van der Waals surface area (Å²) in [7, 11) is 0. The van der Waals surface area contributed by atoms with Crippen molar-refractivity contribution in [3.8, 4) is 0 Å². The van der Waals surface area contributed by atoms with E-state index in [-0.39, 0.29) is 0 Å². The Labute approximate surface area is 113 Å². The molecule has 18 heavy (non-hydrogen) atoms. The summed E-state index contributed by atoms with van der Waals surface area (Å²) in [6.07, 6.45) is 4.57. The van der Waals surface area contributed by atoms with Gasteiger partial charge in [-0.1, -0.05) is 13.8 Å². The van der Waals surface area contributed by atoms with Crippen molar-refractivity contribution in [2.75, 3.05) is 26.2 Å². The highest BCUT2D eigenvalue weighted by Gasteiger charge is 2.27. The van der Waals surface area contributed by atoms with Gasteiger partial charge in [0, 0.05) is 12.6 Å². The fourth-order valence-electron chi connectivity index (χ4n) is 2.74. The molecule has 1 aliphatic heterocycles. The molecule has 1 fully saturated rings. The fraction of sp³-hybridized carbons (Fsp3) is 1.00. The van der Waals surface area contributed by atoms with Gasteiger partial charge in [0.1, 0.15) is 0 Å². The number of rotatable bonds is 7. The van der Waals surface area contributed by atoms with Crippen LogP contribution in [0.2, 0.25) is 0 Å². The second-order valence-corrected chi connectivity index (χ2v) is 6.21. The summed E-state index contributed by atoms with van der Waals surface area (Å²) in [5, 5.41) is 13.7. The Hall–Kier alpha value is -0.120. The van der Waals surface area contributed by atoms with E-state index in [2.05, 4.69) is 31.0 Å². The van der Waals surface area contributed by atoms with E-state index in [4.69, 9.17) is 0 Å². The molecule has 2 atom stereocenters. The summed E-state index contributed by atoms with van der Waals surface area (Å²) in [5.74, 6) is 0.805. The van der Waals surface area contributed by atoms with Crippen molar-refractivity contribution in [3.05, 3.63) is 0 Å². The van der Waals surface area contributed by atoms with Crippen LogP contribution in [0, 0.1) is 5.92 Å². The minimum Gasteiger partial charge on any atom is -0.389 e. The van der Waals surface area contributed by atoms with E-state index in [0.29, 0.717) is 6.04 Å². The molecule has 1 heterocycles. The molecule has 0 amide bonds. The normalized spacial score (nSPS) is 23.8. The largest absolute Gasteiger partial charge is 0.389 e. The molecule has 3 nitrogen and oxygen atoms in total. The van der Waals surface area contributed by atoms with Crippen molar-refractivity contribution in [2.45, 2.75) is 65.0 Å². The molecule has 0 aliphatic carbocycles. The molecule has 1 saturated heterocycles. The van der Waals surface area contributed by atoms with Gasteiger partial charge in [-0.2, -0.15) is 0 Å². The molecule has 0 aromatic rings. The number of piperidine rings is 1. The van der Waals surface area contributed by atoms with Gasteiger partial charge in [0.05, 0.1) is 5.60 Å². The number of nitrogens with one attached hydrogen (secondary N) is 1. The maximum Gasteiger partial charge on any atom is 0.0743 e. The van der Waals surface area contributed by atoms with Gasteiger partial charge in [-0.3, -0.25) is 0 Å². The monoisotopic (exact) mass is 256 g/mol. The third-order valence-corrected chi connectivity index (χ3v) is 4.38. The average Bonchev–Trinajstić information content (AvgIpc) is 2.36. The van der Waals surface area contributed by atoms with Crippen LogP contribution in [-0.2, 0) is 0 Å². The van der Waals surface area contributed by atoms with Crippen LogP contribution in [0.15, 0.2) is 0 Å². The summed E-state index contributed by atoms with van der Waals surface area (Å²) in [6.45, 7) is 12.8. The van der Waals surface area contributed by atoms with E-state index in [1.165, 1.54) is 19.3 Å². The number of β-amino-alcohol motifs (C(OH)–C–C–N with tert-alkyl or cyclic N) is 1. The maximum absolute atomic E-state index is 10.1. The molecule has 0 radical (unpaired) electrons. The van der Waals surface area contributed by atoms with Crippen molar-refractivity contribution in [2.24, 2.45) is 5.92 Å². The van der Waals surface area contributed by atoms with E-state index < -0.39 is 5.60 Å². The molecule has 0 spiro atoms. The predicted octanol–water partition coefficient (Wildman–Crippen LogP) is 2.25. The first-order valence-electron chi connectivity index (χ1n) is 7.66. The molecular weight excluding hydrogens is 224 g/mol. The van der Waals surface area contributed by atoms with Crippen LogP contribution in [0.1, 0.15) is 53.4 Å². The Morgan fingerprint density at radius 1 is 1.33 bits per heavy atom. The standard InChI is InChI=1S/C15H32N2O/c1-5-9-16-13(3)14-7-10-17(11-8-14)12-15(4,18)6-2/h13-14,16,18H,5-12H2,1-4H3. The lowest BCUT2D eigenvalue weighted by atomic mass is 9.89. The van der Waals surface area contributed by atoms with Crippen molar-refractivity contribution in [3.63, 3.8) is 0 Å². The van der Waals surface area contributed by atoms with Crippen LogP contribution in [0.25, 0.3) is 0 Å². The third-order valence-electron chi connectivity index (χ3n) is 4.38. The quantitative estimate of drug-likeness (QED) is 0.733. The first kappa shape index (κ1) is 15.9. The van der Waals surface area contributed by atoms with E-state index in [1.807, 2.05) is 6.92 Å². The molecule has 2 unspecified atom stereocenters. The van der Waals surface area contributed by atoms with Gasteiger partial charge in [-0.05, 0) is 65.1 Å². The second-order valence-electron chi connectivity index (χ2n) is 6.21. The fourth-order valence-corrected chi connectivity index (χ4v) is 2.74. The van der Waals surface area contributed by atoms with E-state index in [0.717, 1.165) is 38.5 Å². The van der Waals surface area contributed by atoms with Crippen LogP contribution in [0.4, 0.5) is 0 Å². The Morgan fingerprint density at radius 2 is 1.94 bits per heavy atom. The Balaban J connectivity index is 2.28. The lowest BCUT2D eigenvalue weighted by molar-refractivity contribution is 0.00500. The van der Waals surface area contributed by atoms with Crippen LogP contribution in [0.3, 0.4) is 0 Å². The van der Waals surface area contributed by atoms with Crippen LogP contribution >= 0.6 is 0 Å². The number of hydrogen-bond donors (Lipinski definition) is 2. The molecule has 0 saturated carbocycles.